The summed E-state index contributed by atoms with van der Waals surface area (Å²) in [5.74, 6) is -1.69. The van der Waals surface area contributed by atoms with Gasteiger partial charge in [0.05, 0.1) is 6.10 Å². The summed E-state index contributed by atoms with van der Waals surface area (Å²) in [6, 6.07) is 2.79. The molecule has 2 saturated carbocycles. The predicted molar refractivity (Wildman–Crippen MR) is 82.5 cm³/mol. The van der Waals surface area contributed by atoms with Crippen molar-refractivity contribution in [3.05, 3.63) is 23.7 Å². The Bertz CT molecular complexity index is 588. The van der Waals surface area contributed by atoms with Crippen LogP contribution < -0.4 is 5.32 Å². The number of ether oxygens (including phenoxy) is 1. The molecule has 1 heterocycles. The molecule has 6 heteroatoms. The summed E-state index contributed by atoms with van der Waals surface area (Å²) in [5, 5.41) is 11.9. The van der Waals surface area contributed by atoms with Gasteiger partial charge in [0.25, 0.3) is 5.91 Å². The van der Waals surface area contributed by atoms with Crippen molar-refractivity contribution in [3.63, 3.8) is 0 Å². The molecule has 0 radical (unpaired) electrons. The molecule has 2 aliphatic rings. The minimum absolute atomic E-state index is 0.0339. The Kier molecular flexibility index (Phi) is 4.43. The molecule has 0 saturated heterocycles. The number of carboxylic acids is 1. The third kappa shape index (κ3) is 2.87. The van der Waals surface area contributed by atoms with E-state index in [1.165, 1.54) is 31.4 Å². The molecular weight excluding hydrogens is 298 g/mol. The molecule has 2 atom stereocenters. The fraction of sp³-hybridized carbons (Fsp3) is 0.647. The molecule has 23 heavy (non-hydrogen) atoms. The number of furan rings is 1. The van der Waals surface area contributed by atoms with Gasteiger partial charge < -0.3 is 19.6 Å². The van der Waals surface area contributed by atoms with Crippen LogP contribution in [0.2, 0.25) is 0 Å². The van der Waals surface area contributed by atoms with Crippen molar-refractivity contribution in [1.82, 2.24) is 5.32 Å². The third-order valence-electron chi connectivity index (χ3n) is 5.28. The van der Waals surface area contributed by atoms with E-state index in [4.69, 9.17) is 14.3 Å². The maximum Gasteiger partial charge on any atom is 0.371 e. The zero-order valence-corrected chi connectivity index (χ0v) is 13.3. The van der Waals surface area contributed by atoms with Crippen molar-refractivity contribution in [3.8, 4) is 0 Å². The topological polar surface area (TPSA) is 88.8 Å². The number of rotatable bonds is 5. The molecule has 1 amide bonds. The molecule has 126 valence electrons. The average molecular weight is 321 g/mol. The number of amides is 1. The fourth-order valence-electron chi connectivity index (χ4n) is 4.07. The summed E-state index contributed by atoms with van der Waals surface area (Å²) in [6.45, 7) is 2.69. The smallest absolute Gasteiger partial charge is 0.371 e. The number of nitrogens with one attached hydrogen (secondary N) is 1. The number of hydrogen-bond acceptors (Lipinski definition) is 4. The standard InChI is InChI=1S/C17H23NO5/c1-2-22-14-10-13(17(14)8-4-3-5-9-17)18-15(19)11-6-7-12(23-11)16(20)21/h6-7,13-14H,2-5,8-10H2,1H3,(H,18,19)(H,20,21). The minimum Gasteiger partial charge on any atom is -0.475 e. The Morgan fingerprint density at radius 2 is 2.00 bits per heavy atom. The van der Waals surface area contributed by atoms with Crippen molar-refractivity contribution in [1.29, 1.82) is 0 Å². The van der Waals surface area contributed by atoms with E-state index in [1.807, 2.05) is 6.92 Å². The van der Waals surface area contributed by atoms with Crippen molar-refractivity contribution < 1.29 is 23.8 Å². The van der Waals surface area contributed by atoms with Crippen molar-refractivity contribution in [2.45, 2.75) is 57.6 Å². The zero-order chi connectivity index (χ0) is 16.4. The Morgan fingerprint density at radius 3 is 2.61 bits per heavy atom. The molecule has 1 aromatic rings. The number of hydrogen-bond donors (Lipinski definition) is 2. The number of aromatic carboxylic acids is 1. The van der Waals surface area contributed by atoms with Gasteiger partial charge in [-0.1, -0.05) is 19.3 Å². The monoisotopic (exact) mass is 321 g/mol. The van der Waals surface area contributed by atoms with Crippen molar-refractivity contribution in [2.75, 3.05) is 6.61 Å². The number of carboxylic acid groups (broad SMARTS) is 1. The summed E-state index contributed by atoms with van der Waals surface area (Å²) in [4.78, 5) is 23.2. The van der Waals surface area contributed by atoms with Crippen LogP contribution in [-0.4, -0.2) is 35.7 Å². The van der Waals surface area contributed by atoms with Gasteiger partial charge >= 0.3 is 5.97 Å². The Hall–Kier alpha value is -1.82. The summed E-state index contributed by atoms with van der Waals surface area (Å²) < 4.78 is 11.0. The maximum absolute atomic E-state index is 12.3. The minimum atomic E-state index is -1.17. The summed E-state index contributed by atoms with van der Waals surface area (Å²) in [5.41, 5.74) is 0.0339. The van der Waals surface area contributed by atoms with Gasteiger partial charge in [-0.3, -0.25) is 4.79 Å². The summed E-state index contributed by atoms with van der Waals surface area (Å²) in [7, 11) is 0. The lowest BCUT2D eigenvalue weighted by molar-refractivity contribution is -0.147. The van der Waals surface area contributed by atoms with E-state index in [-0.39, 0.29) is 35.0 Å². The van der Waals surface area contributed by atoms with Gasteiger partial charge in [0.1, 0.15) is 0 Å². The van der Waals surface area contributed by atoms with Crippen LogP contribution in [0.3, 0.4) is 0 Å². The van der Waals surface area contributed by atoms with Gasteiger partial charge in [-0.05, 0) is 38.3 Å². The molecular formula is C17H23NO5. The second-order valence-corrected chi connectivity index (χ2v) is 6.47. The predicted octanol–water partition coefficient (Wildman–Crippen LogP) is 2.84. The lowest BCUT2D eigenvalue weighted by Gasteiger charge is -2.57. The second kappa shape index (κ2) is 6.35. The van der Waals surface area contributed by atoms with E-state index in [0.717, 1.165) is 19.3 Å². The van der Waals surface area contributed by atoms with E-state index in [9.17, 15) is 9.59 Å². The third-order valence-corrected chi connectivity index (χ3v) is 5.28. The van der Waals surface area contributed by atoms with Crippen LogP contribution in [0.1, 0.15) is 66.6 Å². The first-order chi connectivity index (χ1) is 11.1. The SMILES string of the molecule is CCOC1CC(NC(=O)c2ccc(C(=O)O)o2)C12CCCCC2. The molecule has 2 unspecified atom stereocenters. The number of carbonyl (C=O) groups excluding carboxylic acids is 1. The molecule has 3 rings (SSSR count). The van der Waals surface area contributed by atoms with Crippen LogP contribution in [0.25, 0.3) is 0 Å². The molecule has 2 N–H and O–H groups in total. The highest BCUT2D eigenvalue weighted by Crippen LogP contribution is 2.53. The molecule has 2 aliphatic carbocycles. The summed E-state index contributed by atoms with van der Waals surface area (Å²) in [6.07, 6.45) is 6.74. The average Bonchev–Trinajstić information content (AvgIpc) is 3.05. The molecule has 1 spiro atoms. The van der Waals surface area contributed by atoms with Crippen molar-refractivity contribution >= 4 is 11.9 Å². The van der Waals surface area contributed by atoms with Gasteiger partial charge in [0.15, 0.2) is 5.76 Å². The van der Waals surface area contributed by atoms with Gasteiger partial charge in [-0.2, -0.15) is 0 Å². The van der Waals surface area contributed by atoms with Crippen LogP contribution >= 0.6 is 0 Å². The molecule has 0 aromatic carbocycles. The molecule has 0 bridgehead atoms. The van der Waals surface area contributed by atoms with E-state index < -0.39 is 5.97 Å². The van der Waals surface area contributed by atoms with Crippen LogP contribution in [0.5, 0.6) is 0 Å². The Labute approximate surface area is 135 Å². The highest BCUT2D eigenvalue weighted by Gasteiger charge is 2.56. The zero-order valence-electron chi connectivity index (χ0n) is 13.3. The molecule has 6 nitrogen and oxygen atoms in total. The first-order valence-electron chi connectivity index (χ1n) is 8.32. The molecule has 2 fully saturated rings. The molecule has 1 aromatic heterocycles. The van der Waals surface area contributed by atoms with Gasteiger partial charge in [0.2, 0.25) is 5.76 Å². The lowest BCUT2D eigenvalue weighted by atomic mass is 9.55. The maximum atomic E-state index is 12.3. The number of carbonyl (C=O) groups is 2. The first-order valence-corrected chi connectivity index (χ1v) is 8.32. The van der Waals surface area contributed by atoms with Crippen LogP contribution in [-0.2, 0) is 4.74 Å². The van der Waals surface area contributed by atoms with E-state index in [1.54, 1.807) is 0 Å². The van der Waals surface area contributed by atoms with Crippen molar-refractivity contribution in [2.24, 2.45) is 5.41 Å². The fourth-order valence-corrected chi connectivity index (χ4v) is 4.07. The largest absolute Gasteiger partial charge is 0.475 e. The first kappa shape index (κ1) is 16.1. The highest BCUT2D eigenvalue weighted by molar-refractivity contribution is 5.93. The summed E-state index contributed by atoms with van der Waals surface area (Å²) >= 11 is 0. The van der Waals surface area contributed by atoms with E-state index >= 15 is 0 Å². The van der Waals surface area contributed by atoms with Crippen LogP contribution in [0.4, 0.5) is 0 Å². The van der Waals surface area contributed by atoms with Crippen LogP contribution in [0.15, 0.2) is 16.5 Å². The highest BCUT2D eigenvalue weighted by atomic mass is 16.5. The van der Waals surface area contributed by atoms with Crippen LogP contribution in [0, 0.1) is 5.41 Å². The van der Waals surface area contributed by atoms with Gasteiger partial charge in [0, 0.05) is 18.1 Å². The lowest BCUT2D eigenvalue weighted by Crippen LogP contribution is -2.65. The second-order valence-electron chi connectivity index (χ2n) is 6.47. The Balaban J connectivity index is 1.68. The quantitative estimate of drug-likeness (QED) is 0.870. The Morgan fingerprint density at radius 1 is 1.30 bits per heavy atom. The van der Waals surface area contributed by atoms with E-state index in [2.05, 4.69) is 5.32 Å². The molecule has 0 aliphatic heterocycles. The van der Waals surface area contributed by atoms with Gasteiger partial charge in [-0.25, -0.2) is 4.79 Å². The van der Waals surface area contributed by atoms with Gasteiger partial charge in [-0.15, -0.1) is 0 Å². The van der Waals surface area contributed by atoms with E-state index in [0.29, 0.717) is 6.61 Å². The normalized spacial score (nSPS) is 25.8.